The van der Waals surface area contributed by atoms with Gasteiger partial charge in [-0.15, -0.1) is 0 Å². The quantitative estimate of drug-likeness (QED) is 0.573. The van der Waals surface area contributed by atoms with Gasteiger partial charge >= 0.3 is 12.1 Å². The first-order valence-corrected chi connectivity index (χ1v) is 12.9. The lowest BCUT2D eigenvalue weighted by molar-refractivity contribution is -0.127. The summed E-state index contributed by atoms with van der Waals surface area (Å²) in [5.41, 5.74) is 0.219. The Kier molecular flexibility index (Phi) is 7.80. The molecule has 2 aromatic heterocycles. The molecule has 36 heavy (non-hydrogen) atoms. The normalized spacial score (nSPS) is 17.7. The van der Waals surface area contributed by atoms with Crippen LogP contribution in [-0.2, 0) is 21.3 Å². The fourth-order valence-electron chi connectivity index (χ4n) is 4.78. The molecule has 2 fully saturated rings. The molecule has 0 radical (unpaired) electrons. The number of rotatable bonds is 5. The number of piperidine rings is 1. The predicted molar refractivity (Wildman–Crippen MR) is 135 cm³/mol. The minimum absolute atomic E-state index is 0.144. The van der Waals surface area contributed by atoms with Gasteiger partial charge in [-0.2, -0.15) is 5.10 Å². The first-order valence-electron chi connectivity index (χ1n) is 12.9. The Morgan fingerprint density at radius 1 is 1.00 bits per heavy atom. The van der Waals surface area contributed by atoms with Crippen LogP contribution in [0.3, 0.4) is 0 Å². The fourth-order valence-corrected chi connectivity index (χ4v) is 4.78. The van der Waals surface area contributed by atoms with Gasteiger partial charge in [-0.25, -0.2) is 19.3 Å². The van der Waals surface area contributed by atoms with Gasteiger partial charge in [0, 0.05) is 39.1 Å². The number of aromatic nitrogens is 3. The van der Waals surface area contributed by atoms with E-state index in [4.69, 9.17) is 14.5 Å². The van der Waals surface area contributed by atoms with Gasteiger partial charge in [-0.1, -0.05) is 12.8 Å². The third-order valence-electron chi connectivity index (χ3n) is 6.74. The second-order valence-electron chi connectivity index (χ2n) is 10.7. The average Bonchev–Trinajstić information content (AvgIpc) is 3.00. The maximum Gasteiger partial charge on any atom is 0.410 e. The number of hydrogen-bond donors (Lipinski definition) is 0. The molecular weight excluding hydrogens is 462 g/mol. The molecule has 2 aromatic rings. The zero-order valence-corrected chi connectivity index (χ0v) is 21.8. The van der Waals surface area contributed by atoms with E-state index in [0.29, 0.717) is 37.0 Å². The SMILES string of the molecule is Cn1nc(C(=O)OCC(=O)C2CCN(C(=O)OC(C)(C)C)CC2)c2ccc(N3CCCCCC3)nc21. The van der Waals surface area contributed by atoms with Crippen LogP contribution in [0.4, 0.5) is 10.6 Å². The Balaban J connectivity index is 1.33. The van der Waals surface area contributed by atoms with Crippen molar-refractivity contribution in [1.29, 1.82) is 0 Å². The van der Waals surface area contributed by atoms with E-state index in [2.05, 4.69) is 10.00 Å². The topological polar surface area (TPSA) is 107 Å². The lowest BCUT2D eigenvalue weighted by Crippen LogP contribution is -2.43. The van der Waals surface area contributed by atoms with E-state index in [1.54, 1.807) is 16.6 Å². The lowest BCUT2D eigenvalue weighted by Gasteiger charge is -2.32. The molecule has 0 spiro atoms. The third kappa shape index (κ3) is 6.14. The summed E-state index contributed by atoms with van der Waals surface area (Å²) in [5.74, 6) is -0.145. The summed E-state index contributed by atoms with van der Waals surface area (Å²) in [5, 5.41) is 4.95. The lowest BCUT2D eigenvalue weighted by atomic mass is 9.93. The molecule has 0 aliphatic carbocycles. The first kappa shape index (κ1) is 25.9. The minimum atomic E-state index is -0.635. The second kappa shape index (κ2) is 10.8. The molecule has 0 atom stereocenters. The van der Waals surface area contributed by atoms with Crippen LogP contribution in [0.5, 0.6) is 0 Å². The Hall–Kier alpha value is -3.17. The fraction of sp³-hybridized carbons (Fsp3) is 0.654. The summed E-state index contributed by atoms with van der Waals surface area (Å²) in [6.45, 7) is 7.99. The number of hydrogen-bond acceptors (Lipinski definition) is 8. The van der Waals surface area contributed by atoms with E-state index in [0.717, 1.165) is 31.7 Å². The highest BCUT2D eigenvalue weighted by atomic mass is 16.6. The molecule has 2 aliphatic rings. The summed E-state index contributed by atoms with van der Waals surface area (Å²) < 4.78 is 12.3. The third-order valence-corrected chi connectivity index (χ3v) is 6.74. The number of ketones is 1. The number of likely N-dealkylation sites (tertiary alicyclic amines) is 1. The number of ether oxygens (including phenoxy) is 2. The van der Waals surface area contributed by atoms with Crippen molar-refractivity contribution in [2.75, 3.05) is 37.7 Å². The molecule has 0 aromatic carbocycles. The Labute approximate surface area is 211 Å². The maximum atomic E-state index is 12.8. The molecule has 0 N–H and O–H groups in total. The van der Waals surface area contributed by atoms with Gasteiger partial charge in [0.05, 0.1) is 5.39 Å². The number of fused-ring (bicyclic) bond motifs is 1. The van der Waals surface area contributed by atoms with Gasteiger partial charge in [0.1, 0.15) is 11.4 Å². The highest BCUT2D eigenvalue weighted by Crippen LogP contribution is 2.24. The van der Waals surface area contributed by atoms with Crippen LogP contribution < -0.4 is 4.90 Å². The first-order chi connectivity index (χ1) is 17.1. The van der Waals surface area contributed by atoms with Crippen LogP contribution in [0, 0.1) is 5.92 Å². The molecule has 0 saturated carbocycles. The molecule has 4 heterocycles. The molecular formula is C26H37N5O5. The largest absolute Gasteiger partial charge is 0.453 e. The van der Waals surface area contributed by atoms with Crippen LogP contribution in [-0.4, -0.2) is 75.9 Å². The number of carbonyl (C=O) groups excluding carboxylic acids is 3. The van der Waals surface area contributed by atoms with Gasteiger partial charge in [0.15, 0.2) is 23.7 Å². The Morgan fingerprint density at radius 2 is 1.67 bits per heavy atom. The van der Waals surface area contributed by atoms with Crippen LogP contribution in [0.2, 0.25) is 0 Å². The number of pyridine rings is 1. The van der Waals surface area contributed by atoms with Crippen molar-refractivity contribution in [3.05, 3.63) is 17.8 Å². The molecule has 0 unspecified atom stereocenters. The summed E-state index contributed by atoms with van der Waals surface area (Å²) >= 11 is 0. The van der Waals surface area contributed by atoms with Gasteiger partial charge in [0.25, 0.3) is 0 Å². The minimum Gasteiger partial charge on any atom is -0.453 e. The number of esters is 1. The number of aryl methyl sites for hydroxylation is 1. The van der Waals surface area contributed by atoms with Crippen LogP contribution in [0.15, 0.2) is 12.1 Å². The van der Waals surface area contributed by atoms with Crippen molar-refractivity contribution < 1.29 is 23.9 Å². The molecule has 10 heteroatoms. The monoisotopic (exact) mass is 499 g/mol. The highest BCUT2D eigenvalue weighted by Gasteiger charge is 2.30. The summed E-state index contributed by atoms with van der Waals surface area (Å²) in [6, 6.07) is 3.79. The Morgan fingerprint density at radius 3 is 2.31 bits per heavy atom. The smallest absolute Gasteiger partial charge is 0.410 e. The molecule has 2 aliphatic heterocycles. The van der Waals surface area contributed by atoms with Crippen molar-refractivity contribution in [2.24, 2.45) is 13.0 Å². The molecule has 4 rings (SSSR count). The Bertz CT molecular complexity index is 1110. The van der Waals surface area contributed by atoms with Gasteiger partial charge < -0.3 is 19.3 Å². The number of amides is 1. The number of anilines is 1. The van der Waals surface area contributed by atoms with E-state index in [9.17, 15) is 14.4 Å². The molecule has 2 saturated heterocycles. The summed E-state index contributed by atoms with van der Waals surface area (Å²) in [6.07, 6.45) is 5.45. The average molecular weight is 500 g/mol. The van der Waals surface area contributed by atoms with E-state index in [-0.39, 0.29) is 30.1 Å². The van der Waals surface area contributed by atoms with Crippen molar-refractivity contribution in [2.45, 2.75) is 64.9 Å². The number of nitrogens with zero attached hydrogens (tertiary/aromatic N) is 5. The van der Waals surface area contributed by atoms with Crippen LogP contribution in [0.1, 0.15) is 69.8 Å². The zero-order valence-electron chi connectivity index (χ0n) is 21.8. The second-order valence-corrected chi connectivity index (χ2v) is 10.7. The van der Waals surface area contributed by atoms with Crippen LogP contribution in [0.25, 0.3) is 11.0 Å². The zero-order chi connectivity index (χ0) is 25.9. The van der Waals surface area contributed by atoms with Crippen molar-refractivity contribution in [3.63, 3.8) is 0 Å². The number of carbonyl (C=O) groups is 3. The van der Waals surface area contributed by atoms with Crippen molar-refractivity contribution in [1.82, 2.24) is 19.7 Å². The molecule has 0 bridgehead atoms. The van der Waals surface area contributed by atoms with Crippen LogP contribution >= 0.6 is 0 Å². The molecule has 196 valence electrons. The van der Waals surface area contributed by atoms with Crippen molar-refractivity contribution >= 4 is 34.7 Å². The van der Waals surface area contributed by atoms with Gasteiger partial charge in [0.2, 0.25) is 0 Å². The van der Waals surface area contributed by atoms with Crippen molar-refractivity contribution in [3.8, 4) is 0 Å². The van der Waals surface area contributed by atoms with E-state index in [1.807, 2.05) is 32.9 Å². The maximum absolute atomic E-state index is 12.8. The van der Waals surface area contributed by atoms with E-state index < -0.39 is 11.6 Å². The highest BCUT2D eigenvalue weighted by molar-refractivity contribution is 6.02. The standard InChI is InChI=1S/C26H37N5O5/c1-26(2,3)36-25(34)31-15-11-18(12-16-31)20(32)17-35-24(33)22-19-9-10-21(27-23(19)29(4)28-22)30-13-7-5-6-8-14-30/h9-10,18H,5-8,11-17H2,1-4H3. The molecule has 10 nitrogen and oxygen atoms in total. The van der Waals surface area contributed by atoms with E-state index in [1.165, 1.54) is 12.8 Å². The number of Topliss-reactive ketones (excluding diaryl/α,β-unsaturated/α-hetero) is 1. The summed E-state index contributed by atoms with van der Waals surface area (Å²) in [7, 11) is 1.75. The van der Waals surface area contributed by atoms with Gasteiger partial charge in [-0.3, -0.25) is 4.79 Å². The summed E-state index contributed by atoms with van der Waals surface area (Å²) in [4.78, 5) is 46.4. The predicted octanol–water partition coefficient (Wildman–Crippen LogP) is 3.72. The van der Waals surface area contributed by atoms with Gasteiger partial charge in [-0.05, 0) is 58.6 Å². The van der Waals surface area contributed by atoms with E-state index >= 15 is 0 Å². The molecule has 1 amide bonds.